The van der Waals surface area contributed by atoms with Gasteiger partial charge in [0.1, 0.15) is 17.5 Å². The fourth-order valence-electron chi connectivity index (χ4n) is 3.04. The van der Waals surface area contributed by atoms with E-state index in [-0.39, 0.29) is 0 Å². The van der Waals surface area contributed by atoms with Gasteiger partial charge in [0.15, 0.2) is 0 Å². The molecule has 7 nitrogen and oxygen atoms in total. The number of carbonyl (C=O) groups excluding carboxylic acids is 1. The normalized spacial score (nSPS) is 12.2. The Balaban J connectivity index is 2.42. The van der Waals surface area contributed by atoms with Crippen molar-refractivity contribution in [2.75, 3.05) is 30.1 Å². The Morgan fingerprint density at radius 3 is 2.28 bits per heavy atom. The van der Waals surface area contributed by atoms with Crippen molar-refractivity contribution < 1.29 is 22.7 Å². The van der Waals surface area contributed by atoms with Gasteiger partial charge in [0.25, 0.3) is 0 Å². The van der Waals surface area contributed by atoms with Crippen LogP contribution in [-0.2, 0) is 14.8 Å². The van der Waals surface area contributed by atoms with Gasteiger partial charge in [-0.3, -0.25) is 9.10 Å². The van der Waals surface area contributed by atoms with Crippen molar-refractivity contribution in [2.24, 2.45) is 0 Å². The molecule has 0 unspecified atom stereocenters. The number of aryl methyl sites for hydroxylation is 2. The van der Waals surface area contributed by atoms with Crippen molar-refractivity contribution in [1.29, 1.82) is 0 Å². The number of methoxy groups -OCH3 is 2. The second-order valence-corrected chi connectivity index (χ2v) is 8.67. The molecule has 2 aromatic carbocycles. The second-order valence-electron chi connectivity index (χ2n) is 6.81. The third-order valence-electron chi connectivity index (χ3n) is 4.74. The first-order valence-corrected chi connectivity index (χ1v) is 11.1. The summed E-state index contributed by atoms with van der Waals surface area (Å²) in [6, 6.07) is 9.42. The van der Waals surface area contributed by atoms with Gasteiger partial charge in [0.05, 0.1) is 31.9 Å². The Kier molecular flexibility index (Phi) is 7.13. The lowest BCUT2D eigenvalue weighted by atomic mass is 10.1. The highest BCUT2D eigenvalue weighted by Crippen LogP contribution is 2.30. The summed E-state index contributed by atoms with van der Waals surface area (Å²) in [7, 11) is -0.680. The smallest absolute Gasteiger partial charge is 0.248 e. The Morgan fingerprint density at radius 1 is 1.07 bits per heavy atom. The van der Waals surface area contributed by atoms with Crippen molar-refractivity contribution in [1.82, 2.24) is 0 Å². The molecular weight excluding hydrogens is 392 g/mol. The van der Waals surface area contributed by atoms with Gasteiger partial charge in [0, 0.05) is 6.07 Å². The fourth-order valence-corrected chi connectivity index (χ4v) is 4.24. The van der Waals surface area contributed by atoms with Gasteiger partial charge >= 0.3 is 0 Å². The summed E-state index contributed by atoms with van der Waals surface area (Å²) in [5, 5.41) is 2.79. The third-order valence-corrected chi connectivity index (χ3v) is 5.92. The van der Waals surface area contributed by atoms with Crippen LogP contribution in [0.4, 0.5) is 11.4 Å². The summed E-state index contributed by atoms with van der Waals surface area (Å²) in [6.45, 7) is 5.63. The van der Waals surface area contributed by atoms with E-state index in [9.17, 15) is 13.2 Å². The van der Waals surface area contributed by atoms with Crippen LogP contribution in [0, 0.1) is 13.8 Å². The zero-order valence-corrected chi connectivity index (χ0v) is 18.5. The van der Waals surface area contributed by atoms with Crippen molar-refractivity contribution in [3.05, 3.63) is 47.5 Å². The number of nitrogens with zero attached hydrogens (tertiary/aromatic N) is 1. The zero-order valence-electron chi connectivity index (χ0n) is 17.6. The number of carbonyl (C=O) groups is 1. The summed E-state index contributed by atoms with van der Waals surface area (Å²) in [5.41, 5.74) is 2.88. The molecule has 0 aliphatic carbocycles. The van der Waals surface area contributed by atoms with E-state index in [4.69, 9.17) is 9.47 Å². The first kappa shape index (κ1) is 22.5. The number of hydrogen-bond acceptors (Lipinski definition) is 5. The molecule has 0 saturated carbocycles. The molecule has 1 atom stereocenters. The molecule has 0 radical (unpaired) electrons. The molecule has 0 aliphatic rings. The van der Waals surface area contributed by atoms with Gasteiger partial charge in [-0.15, -0.1) is 0 Å². The summed E-state index contributed by atoms with van der Waals surface area (Å²) < 4.78 is 36.8. The van der Waals surface area contributed by atoms with Gasteiger partial charge in [-0.05, 0) is 55.7 Å². The molecule has 0 aliphatic heterocycles. The number of amides is 1. The number of benzene rings is 2. The molecule has 158 valence electrons. The predicted octanol–water partition coefficient (Wildman–Crippen LogP) is 3.50. The van der Waals surface area contributed by atoms with Crippen molar-refractivity contribution >= 4 is 27.3 Å². The van der Waals surface area contributed by atoms with Crippen LogP contribution in [0.5, 0.6) is 11.5 Å². The van der Waals surface area contributed by atoms with Gasteiger partial charge in [-0.1, -0.05) is 13.0 Å². The van der Waals surface area contributed by atoms with E-state index >= 15 is 0 Å². The lowest BCUT2D eigenvalue weighted by Gasteiger charge is -2.30. The number of nitrogens with one attached hydrogen (secondary N) is 1. The van der Waals surface area contributed by atoms with Gasteiger partial charge in [-0.25, -0.2) is 8.42 Å². The minimum atomic E-state index is -3.70. The molecule has 0 fully saturated rings. The number of hydrogen-bond donors (Lipinski definition) is 1. The minimum Gasteiger partial charge on any atom is -0.497 e. The monoisotopic (exact) mass is 420 g/mol. The second kappa shape index (κ2) is 9.17. The van der Waals surface area contributed by atoms with E-state index in [1.54, 1.807) is 37.3 Å². The van der Waals surface area contributed by atoms with Crippen molar-refractivity contribution in [3.63, 3.8) is 0 Å². The van der Waals surface area contributed by atoms with Crippen LogP contribution in [0.1, 0.15) is 24.5 Å². The van der Waals surface area contributed by atoms with E-state index in [0.717, 1.165) is 17.4 Å². The average Bonchev–Trinajstić information content (AvgIpc) is 2.67. The molecule has 0 aromatic heterocycles. The molecule has 0 heterocycles. The highest BCUT2D eigenvalue weighted by atomic mass is 32.2. The summed E-state index contributed by atoms with van der Waals surface area (Å²) in [4.78, 5) is 13.1. The Labute approximate surface area is 172 Å². The largest absolute Gasteiger partial charge is 0.497 e. The third kappa shape index (κ3) is 5.20. The van der Waals surface area contributed by atoms with Crippen LogP contribution in [-0.4, -0.2) is 40.8 Å². The number of rotatable bonds is 8. The van der Waals surface area contributed by atoms with Crippen LogP contribution in [0.2, 0.25) is 0 Å². The maximum atomic E-state index is 13.1. The Morgan fingerprint density at radius 2 is 1.76 bits per heavy atom. The van der Waals surface area contributed by atoms with Crippen LogP contribution < -0.4 is 19.1 Å². The van der Waals surface area contributed by atoms with Gasteiger partial charge < -0.3 is 14.8 Å². The zero-order chi connectivity index (χ0) is 21.8. The fraction of sp³-hybridized carbons (Fsp3) is 0.381. The predicted molar refractivity (Wildman–Crippen MR) is 115 cm³/mol. The van der Waals surface area contributed by atoms with Gasteiger partial charge in [0.2, 0.25) is 15.9 Å². The standard InChI is InChI=1S/C21H28N2O5S/c1-7-19(21(24)22-18-11-10-17(27-4)13-20(18)28-5)23(29(6,25)26)16-9-8-14(2)15(3)12-16/h8-13,19H,7H2,1-6H3,(H,22,24)/t19-/m0/s1. The highest BCUT2D eigenvalue weighted by Gasteiger charge is 2.32. The maximum absolute atomic E-state index is 13.1. The van der Waals surface area contributed by atoms with Gasteiger partial charge in [-0.2, -0.15) is 0 Å². The molecule has 29 heavy (non-hydrogen) atoms. The quantitative estimate of drug-likeness (QED) is 0.706. The molecular formula is C21H28N2O5S. The summed E-state index contributed by atoms with van der Waals surface area (Å²) in [6.07, 6.45) is 1.40. The minimum absolute atomic E-state index is 0.296. The van der Waals surface area contributed by atoms with Crippen molar-refractivity contribution in [2.45, 2.75) is 33.2 Å². The molecule has 0 bridgehead atoms. The van der Waals surface area contributed by atoms with E-state index in [2.05, 4.69) is 5.32 Å². The molecule has 1 N–H and O–H groups in total. The van der Waals surface area contributed by atoms with Crippen LogP contribution in [0.15, 0.2) is 36.4 Å². The van der Waals surface area contributed by atoms with Crippen LogP contribution in [0.3, 0.4) is 0 Å². The molecule has 1 amide bonds. The highest BCUT2D eigenvalue weighted by molar-refractivity contribution is 7.92. The lowest BCUT2D eigenvalue weighted by molar-refractivity contribution is -0.117. The number of ether oxygens (including phenoxy) is 2. The Hall–Kier alpha value is -2.74. The van der Waals surface area contributed by atoms with E-state index < -0.39 is 22.0 Å². The first-order chi connectivity index (χ1) is 13.6. The van der Waals surface area contributed by atoms with E-state index in [1.807, 2.05) is 19.9 Å². The first-order valence-electron chi connectivity index (χ1n) is 9.21. The molecule has 0 saturated heterocycles. The molecule has 2 rings (SSSR count). The Bertz CT molecular complexity index is 989. The summed E-state index contributed by atoms with van der Waals surface area (Å²) >= 11 is 0. The average molecular weight is 421 g/mol. The van der Waals surface area contributed by atoms with Crippen LogP contribution >= 0.6 is 0 Å². The SMILES string of the molecule is CC[C@@H](C(=O)Nc1ccc(OC)cc1OC)N(c1ccc(C)c(C)c1)S(C)(=O)=O. The number of sulfonamides is 1. The summed E-state index contributed by atoms with van der Waals surface area (Å²) in [5.74, 6) is 0.559. The lowest BCUT2D eigenvalue weighted by Crippen LogP contribution is -2.47. The topological polar surface area (TPSA) is 84.9 Å². The molecule has 2 aromatic rings. The van der Waals surface area contributed by atoms with E-state index in [1.165, 1.54) is 18.5 Å². The maximum Gasteiger partial charge on any atom is 0.248 e. The van der Waals surface area contributed by atoms with Crippen LogP contribution in [0.25, 0.3) is 0 Å². The molecule has 0 spiro atoms. The number of anilines is 2. The van der Waals surface area contributed by atoms with Crippen molar-refractivity contribution in [3.8, 4) is 11.5 Å². The molecule has 8 heteroatoms. The van der Waals surface area contributed by atoms with E-state index in [0.29, 0.717) is 29.3 Å².